The van der Waals surface area contributed by atoms with Crippen LogP contribution in [-0.4, -0.2) is 27.0 Å². The van der Waals surface area contributed by atoms with Gasteiger partial charge in [0.25, 0.3) is 0 Å². The predicted octanol–water partition coefficient (Wildman–Crippen LogP) is 2.86. The van der Waals surface area contributed by atoms with Gasteiger partial charge in [0.1, 0.15) is 9.84 Å². The van der Waals surface area contributed by atoms with Gasteiger partial charge in [-0.3, -0.25) is 0 Å². The van der Waals surface area contributed by atoms with Crippen LogP contribution in [0.5, 0.6) is 0 Å². The van der Waals surface area contributed by atoms with Gasteiger partial charge >= 0.3 is 0 Å². The lowest BCUT2D eigenvalue weighted by Crippen LogP contribution is -2.34. The molecule has 20 heavy (non-hydrogen) atoms. The van der Waals surface area contributed by atoms with Gasteiger partial charge in [0, 0.05) is 12.3 Å². The topological polar surface area (TPSA) is 46.2 Å². The average molecular weight is 295 g/mol. The molecule has 0 saturated heterocycles. The van der Waals surface area contributed by atoms with Crippen molar-refractivity contribution in [3.63, 3.8) is 0 Å². The summed E-state index contributed by atoms with van der Waals surface area (Å²) in [6.07, 6.45) is 5.08. The molecule has 0 aliphatic heterocycles. The summed E-state index contributed by atoms with van der Waals surface area (Å²) >= 11 is 0. The van der Waals surface area contributed by atoms with Crippen LogP contribution in [-0.2, 0) is 9.84 Å². The first-order chi connectivity index (χ1) is 9.43. The Bertz CT molecular complexity index is 553. The van der Waals surface area contributed by atoms with Crippen molar-refractivity contribution < 1.29 is 8.42 Å². The normalized spacial score (nSPS) is 25.4. The SMILES string of the molecule is CNC(c1ccccc1C)C1CCCC(S(C)(=O)=O)C1. The lowest BCUT2D eigenvalue weighted by atomic mass is 9.80. The summed E-state index contributed by atoms with van der Waals surface area (Å²) in [5.74, 6) is 0.398. The number of sulfone groups is 1. The Morgan fingerprint density at radius 2 is 1.95 bits per heavy atom. The van der Waals surface area contributed by atoms with E-state index in [1.54, 1.807) is 0 Å². The zero-order valence-corrected chi connectivity index (χ0v) is 13.4. The third kappa shape index (κ3) is 3.41. The highest BCUT2D eigenvalue weighted by Crippen LogP contribution is 2.37. The zero-order chi connectivity index (χ0) is 14.8. The van der Waals surface area contributed by atoms with Crippen LogP contribution in [0.2, 0.25) is 0 Å². The number of aryl methyl sites for hydroxylation is 1. The van der Waals surface area contributed by atoms with Crippen molar-refractivity contribution in [2.24, 2.45) is 5.92 Å². The maximum Gasteiger partial charge on any atom is 0.150 e. The Balaban J connectivity index is 2.22. The number of rotatable bonds is 4. The Hall–Kier alpha value is -0.870. The molecule has 0 amide bonds. The minimum absolute atomic E-state index is 0.166. The first-order valence-electron chi connectivity index (χ1n) is 7.35. The summed E-state index contributed by atoms with van der Waals surface area (Å²) < 4.78 is 23.7. The van der Waals surface area contributed by atoms with Gasteiger partial charge in [0.2, 0.25) is 0 Å². The first-order valence-corrected chi connectivity index (χ1v) is 9.30. The molecule has 1 aliphatic rings. The molecule has 3 atom stereocenters. The van der Waals surface area contributed by atoms with Gasteiger partial charge in [0.15, 0.2) is 0 Å². The fraction of sp³-hybridized carbons (Fsp3) is 0.625. The highest BCUT2D eigenvalue weighted by atomic mass is 32.2. The van der Waals surface area contributed by atoms with Crippen LogP contribution < -0.4 is 5.32 Å². The lowest BCUT2D eigenvalue weighted by Gasteiger charge is -2.34. The maximum atomic E-state index is 11.8. The first kappa shape index (κ1) is 15.5. The molecule has 0 radical (unpaired) electrons. The molecule has 1 aliphatic carbocycles. The van der Waals surface area contributed by atoms with Gasteiger partial charge in [0.05, 0.1) is 5.25 Å². The van der Waals surface area contributed by atoms with E-state index in [1.165, 1.54) is 17.4 Å². The van der Waals surface area contributed by atoms with Crippen molar-refractivity contribution in [2.75, 3.05) is 13.3 Å². The molecule has 0 heterocycles. The Kier molecular flexibility index (Phi) is 4.86. The summed E-state index contributed by atoms with van der Waals surface area (Å²) in [6, 6.07) is 8.63. The molecule has 0 spiro atoms. The minimum atomic E-state index is -2.92. The van der Waals surface area contributed by atoms with Gasteiger partial charge in [-0.1, -0.05) is 30.7 Å². The fourth-order valence-corrected chi connectivity index (χ4v) is 4.65. The molecule has 2 rings (SSSR count). The molecule has 1 saturated carbocycles. The van der Waals surface area contributed by atoms with Crippen molar-refractivity contribution >= 4 is 9.84 Å². The molecule has 0 bridgehead atoms. The molecule has 0 aromatic heterocycles. The summed E-state index contributed by atoms with van der Waals surface area (Å²) in [4.78, 5) is 0. The molecular formula is C16H25NO2S. The highest BCUT2D eigenvalue weighted by Gasteiger charge is 2.33. The number of nitrogens with one attached hydrogen (secondary N) is 1. The quantitative estimate of drug-likeness (QED) is 0.929. The van der Waals surface area contributed by atoms with E-state index in [0.29, 0.717) is 5.92 Å². The summed E-state index contributed by atoms with van der Waals surface area (Å²) in [6.45, 7) is 2.12. The number of benzene rings is 1. The van der Waals surface area contributed by atoms with Crippen LogP contribution in [0, 0.1) is 12.8 Å². The van der Waals surface area contributed by atoms with Crippen LogP contribution in [0.15, 0.2) is 24.3 Å². The molecule has 112 valence electrons. The van der Waals surface area contributed by atoms with Gasteiger partial charge in [-0.15, -0.1) is 0 Å². The smallest absolute Gasteiger partial charge is 0.150 e. The second-order valence-electron chi connectivity index (χ2n) is 6.00. The minimum Gasteiger partial charge on any atom is -0.313 e. The van der Waals surface area contributed by atoms with Crippen molar-refractivity contribution in [2.45, 2.75) is 43.9 Å². The second-order valence-corrected chi connectivity index (χ2v) is 8.33. The van der Waals surface area contributed by atoms with Gasteiger partial charge in [-0.2, -0.15) is 0 Å². The predicted molar refractivity (Wildman–Crippen MR) is 83.6 cm³/mol. The summed E-state index contributed by atoms with van der Waals surface area (Å²) in [7, 11) is -0.947. The van der Waals surface area contributed by atoms with E-state index in [1.807, 2.05) is 13.1 Å². The lowest BCUT2D eigenvalue weighted by molar-refractivity contribution is 0.282. The van der Waals surface area contributed by atoms with E-state index in [9.17, 15) is 8.42 Å². The van der Waals surface area contributed by atoms with E-state index in [0.717, 1.165) is 25.7 Å². The number of hydrogen-bond acceptors (Lipinski definition) is 3. The Labute approximate surface area is 122 Å². The third-order valence-corrected chi connectivity index (χ3v) is 6.22. The largest absolute Gasteiger partial charge is 0.313 e. The van der Waals surface area contributed by atoms with Crippen LogP contribution in [0.1, 0.15) is 42.9 Å². The molecular weight excluding hydrogens is 270 g/mol. The Morgan fingerprint density at radius 3 is 2.55 bits per heavy atom. The van der Waals surface area contributed by atoms with E-state index in [-0.39, 0.29) is 11.3 Å². The Morgan fingerprint density at radius 1 is 1.25 bits per heavy atom. The molecule has 1 fully saturated rings. The molecule has 1 N–H and O–H groups in total. The molecule has 3 nitrogen and oxygen atoms in total. The molecule has 4 heteroatoms. The van der Waals surface area contributed by atoms with Crippen LogP contribution >= 0.6 is 0 Å². The zero-order valence-electron chi connectivity index (χ0n) is 12.6. The van der Waals surface area contributed by atoms with Gasteiger partial charge < -0.3 is 5.32 Å². The standard InChI is InChI=1S/C16H25NO2S/c1-12-7-4-5-10-15(12)16(17-2)13-8-6-9-14(11-13)20(3,18)19/h4-5,7,10,13-14,16-17H,6,8-9,11H2,1-3H3. The monoisotopic (exact) mass is 295 g/mol. The van der Waals surface area contributed by atoms with E-state index in [4.69, 9.17) is 0 Å². The average Bonchev–Trinajstić information content (AvgIpc) is 2.41. The van der Waals surface area contributed by atoms with E-state index in [2.05, 4.69) is 30.4 Å². The second kappa shape index (κ2) is 6.27. The van der Waals surface area contributed by atoms with Crippen molar-refractivity contribution in [1.29, 1.82) is 0 Å². The fourth-order valence-electron chi connectivity index (χ4n) is 3.45. The van der Waals surface area contributed by atoms with Crippen molar-refractivity contribution in [3.05, 3.63) is 35.4 Å². The summed E-state index contributed by atoms with van der Waals surface area (Å²) in [5, 5.41) is 3.24. The van der Waals surface area contributed by atoms with Gasteiger partial charge in [-0.25, -0.2) is 8.42 Å². The van der Waals surface area contributed by atoms with E-state index < -0.39 is 9.84 Å². The van der Waals surface area contributed by atoms with Crippen molar-refractivity contribution in [3.8, 4) is 0 Å². The molecule has 1 aromatic carbocycles. The summed E-state index contributed by atoms with van der Waals surface area (Å²) in [5.41, 5.74) is 2.57. The van der Waals surface area contributed by atoms with Crippen LogP contribution in [0.25, 0.3) is 0 Å². The molecule has 3 unspecified atom stereocenters. The number of hydrogen-bond donors (Lipinski definition) is 1. The van der Waals surface area contributed by atoms with Crippen LogP contribution in [0.4, 0.5) is 0 Å². The van der Waals surface area contributed by atoms with Gasteiger partial charge in [-0.05, 0) is 50.3 Å². The third-order valence-electron chi connectivity index (χ3n) is 4.58. The maximum absolute atomic E-state index is 11.8. The molecule has 1 aromatic rings. The van der Waals surface area contributed by atoms with Crippen LogP contribution in [0.3, 0.4) is 0 Å². The highest BCUT2D eigenvalue weighted by molar-refractivity contribution is 7.91. The van der Waals surface area contributed by atoms with E-state index >= 15 is 0 Å². The van der Waals surface area contributed by atoms with Crippen molar-refractivity contribution in [1.82, 2.24) is 5.32 Å².